The van der Waals surface area contributed by atoms with E-state index in [1.54, 1.807) is 7.11 Å². The molecular weight excluding hydrogens is 352 g/mol. The topological polar surface area (TPSA) is 55.6 Å². The van der Waals surface area contributed by atoms with Crippen LogP contribution in [-0.2, 0) is 12.8 Å². The lowest BCUT2D eigenvalue weighted by Gasteiger charge is -2.30. The second kappa shape index (κ2) is 8.15. The summed E-state index contributed by atoms with van der Waals surface area (Å²) in [6, 6.07) is 12.3. The molecule has 0 saturated heterocycles. The highest BCUT2D eigenvalue weighted by Gasteiger charge is 2.23. The average Bonchev–Trinajstić information content (AvgIpc) is 2.72. The van der Waals surface area contributed by atoms with Crippen molar-refractivity contribution in [2.24, 2.45) is 0 Å². The second-order valence-corrected chi connectivity index (χ2v) is 7.61. The fourth-order valence-electron chi connectivity index (χ4n) is 4.24. The van der Waals surface area contributed by atoms with Gasteiger partial charge in [0.25, 0.3) is 0 Å². The summed E-state index contributed by atoms with van der Waals surface area (Å²) in [6.45, 7) is 2.01. The lowest BCUT2D eigenvalue weighted by molar-refractivity contribution is 0.299. The summed E-state index contributed by atoms with van der Waals surface area (Å²) in [5, 5.41) is 0. The summed E-state index contributed by atoms with van der Waals surface area (Å²) < 4.78 is 10.7. The van der Waals surface area contributed by atoms with Crippen molar-refractivity contribution < 1.29 is 9.15 Å². The van der Waals surface area contributed by atoms with E-state index in [9.17, 15) is 4.79 Å². The van der Waals surface area contributed by atoms with Gasteiger partial charge in [-0.1, -0.05) is 18.2 Å². The number of nitrogens with zero attached hydrogens (tertiary/aromatic N) is 2. The van der Waals surface area contributed by atoms with Crippen LogP contribution in [0.4, 0.5) is 0 Å². The SMILES string of the molecule is COc1cccc2c1CCCC2CN(C)CCc1ccc2oc(=O)cnc2c1. The molecule has 1 aliphatic carbocycles. The maximum atomic E-state index is 11.3. The lowest BCUT2D eigenvalue weighted by Crippen LogP contribution is -2.28. The molecule has 146 valence electrons. The fourth-order valence-corrected chi connectivity index (χ4v) is 4.24. The first kappa shape index (κ1) is 18.7. The largest absolute Gasteiger partial charge is 0.496 e. The van der Waals surface area contributed by atoms with Crippen molar-refractivity contribution >= 4 is 11.1 Å². The quantitative estimate of drug-likeness (QED) is 0.653. The Bertz CT molecular complexity index is 1030. The van der Waals surface area contributed by atoms with Crippen LogP contribution >= 0.6 is 0 Å². The second-order valence-electron chi connectivity index (χ2n) is 7.61. The molecule has 0 spiro atoms. The van der Waals surface area contributed by atoms with Crippen LogP contribution in [0.15, 0.2) is 51.8 Å². The third-order valence-electron chi connectivity index (χ3n) is 5.67. The van der Waals surface area contributed by atoms with Crippen molar-refractivity contribution in [1.82, 2.24) is 9.88 Å². The zero-order valence-electron chi connectivity index (χ0n) is 16.5. The van der Waals surface area contributed by atoms with E-state index in [4.69, 9.17) is 9.15 Å². The number of benzene rings is 2. The normalized spacial score (nSPS) is 16.3. The molecular formula is C23H26N2O3. The van der Waals surface area contributed by atoms with Gasteiger partial charge < -0.3 is 14.1 Å². The van der Waals surface area contributed by atoms with Crippen LogP contribution in [0.1, 0.15) is 35.4 Å². The van der Waals surface area contributed by atoms with Crippen LogP contribution in [0.5, 0.6) is 5.75 Å². The van der Waals surface area contributed by atoms with Crippen molar-refractivity contribution in [2.75, 3.05) is 27.2 Å². The molecule has 28 heavy (non-hydrogen) atoms. The van der Waals surface area contributed by atoms with Crippen LogP contribution in [0.2, 0.25) is 0 Å². The number of rotatable bonds is 6. The molecule has 1 aliphatic rings. The molecule has 2 aromatic carbocycles. The Labute approximate surface area is 165 Å². The predicted octanol–water partition coefficient (Wildman–Crippen LogP) is 3.79. The van der Waals surface area contributed by atoms with E-state index in [2.05, 4.69) is 35.1 Å². The van der Waals surface area contributed by atoms with E-state index in [-0.39, 0.29) is 0 Å². The summed E-state index contributed by atoms with van der Waals surface area (Å²) in [7, 11) is 3.95. The van der Waals surface area contributed by atoms with E-state index in [0.29, 0.717) is 11.5 Å². The number of ether oxygens (including phenoxy) is 1. The van der Waals surface area contributed by atoms with Crippen LogP contribution in [0.3, 0.4) is 0 Å². The van der Waals surface area contributed by atoms with E-state index >= 15 is 0 Å². The van der Waals surface area contributed by atoms with Crippen molar-refractivity contribution in [2.45, 2.75) is 31.6 Å². The van der Waals surface area contributed by atoms with Crippen molar-refractivity contribution in [3.63, 3.8) is 0 Å². The van der Waals surface area contributed by atoms with Crippen molar-refractivity contribution in [3.05, 3.63) is 69.7 Å². The van der Waals surface area contributed by atoms with E-state index in [1.807, 2.05) is 18.2 Å². The van der Waals surface area contributed by atoms with Gasteiger partial charge in [-0.25, -0.2) is 9.78 Å². The van der Waals surface area contributed by atoms with Gasteiger partial charge in [-0.05, 0) is 73.5 Å². The maximum absolute atomic E-state index is 11.3. The molecule has 5 nitrogen and oxygen atoms in total. The van der Waals surface area contributed by atoms with Crippen molar-refractivity contribution in [3.8, 4) is 5.75 Å². The number of aromatic nitrogens is 1. The van der Waals surface area contributed by atoms with Crippen LogP contribution in [-0.4, -0.2) is 37.1 Å². The maximum Gasteiger partial charge on any atom is 0.354 e. The minimum atomic E-state index is -0.413. The first-order valence-electron chi connectivity index (χ1n) is 9.87. The Balaban J connectivity index is 1.41. The van der Waals surface area contributed by atoms with Gasteiger partial charge in [0, 0.05) is 13.1 Å². The molecule has 4 rings (SSSR count). The van der Waals surface area contributed by atoms with Gasteiger partial charge >= 0.3 is 5.63 Å². The van der Waals surface area contributed by atoms with E-state index < -0.39 is 5.63 Å². The van der Waals surface area contributed by atoms with Gasteiger partial charge in [0.05, 0.1) is 7.11 Å². The monoisotopic (exact) mass is 378 g/mol. The number of hydrogen-bond acceptors (Lipinski definition) is 5. The summed E-state index contributed by atoms with van der Waals surface area (Å²) in [5.41, 5.74) is 4.89. The lowest BCUT2D eigenvalue weighted by atomic mass is 9.82. The standard InChI is InChI=1S/C23H26N2O3/c1-25(12-11-16-9-10-22-20(13-16)24-14-23(26)28-22)15-17-5-3-7-19-18(17)6-4-8-21(19)27-2/h4,6,8-10,13-14,17H,3,5,7,11-12,15H2,1-2H3. The molecule has 0 amide bonds. The minimum absolute atomic E-state index is 0.413. The number of hydrogen-bond donors (Lipinski definition) is 0. The van der Waals surface area contributed by atoms with Crippen molar-refractivity contribution in [1.29, 1.82) is 0 Å². The van der Waals surface area contributed by atoms with E-state index in [0.717, 1.165) is 37.2 Å². The van der Waals surface area contributed by atoms with Crippen LogP contribution in [0, 0.1) is 0 Å². The molecule has 1 unspecified atom stereocenters. The summed E-state index contributed by atoms with van der Waals surface area (Å²) in [6.07, 6.45) is 5.72. The molecule has 0 aliphatic heterocycles. The summed E-state index contributed by atoms with van der Waals surface area (Å²) in [4.78, 5) is 17.8. The molecule has 0 bridgehead atoms. The first-order valence-corrected chi connectivity index (χ1v) is 9.87. The van der Waals surface area contributed by atoms with Gasteiger partial charge in [-0.2, -0.15) is 0 Å². The molecule has 1 heterocycles. The third-order valence-corrected chi connectivity index (χ3v) is 5.67. The molecule has 5 heteroatoms. The van der Waals surface area contributed by atoms with E-state index in [1.165, 1.54) is 35.7 Å². The van der Waals surface area contributed by atoms with Crippen LogP contribution in [0.25, 0.3) is 11.1 Å². The zero-order valence-corrected chi connectivity index (χ0v) is 16.5. The predicted molar refractivity (Wildman–Crippen MR) is 110 cm³/mol. The highest BCUT2D eigenvalue weighted by Crippen LogP contribution is 2.36. The first-order chi connectivity index (χ1) is 13.6. The van der Waals surface area contributed by atoms with Gasteiger partial charge in [0.1, 0.15) is 17.5 Å². The number of methoxy groups -OCH3 is 1. The highest BCUT2D eigenvalue weighted by molar-refractivity contribution is 5.72. The van der Waals surface area contributed by atoms with Gasteiger partial charge in [-0.3, -0.25) is 0 Å². The summed E-state index contributed by atoms with van der Waals surface area (Å²) >= 11 is 0. The third kappa shape index (κ3) is 3.94. The molecule has 0 radical (unpaired) electrons. The molecule has 0 saturated carbocycles. The van der Waals surface area contributed by atoms with Gasteiger partial charge in [-0.15, -0.1) is 0 Å². The minimum Gasteiger partial charge on any atom is -0.496 e. The molecule has 0 N–H and O–H groups in total. The Kier molecular flexibility index (Phi) is 5.44. The molecule has 1 atom stereocenters. The Morgan fingerprint density at radius 1 is 1.29 bits per heavy atom. The Hall–Kier alpha value is -2.66. The average molecular weight is 378 g/mol. The smallest absolute Gasteiger partial charge is 0.354 e. The zero-order chi connectivity index (χ0) is 19.5. The number of fused-ring (bicyclic) bond motifs is 2. The van der Waals surface area contributed by atoms with Gasteiger partial charge in [0.2, 0.25) is 0 Å². The van der Waals surface area contributed by atoms with Crippen LogP contribution < -0.4 is 10.4 Å². The molecule has 3 aromatic rings. The molecule has 1 aromatic heterocycles. The Morgan fingerprint density at radius 3 is 3.04 bits per heavy atom. The number of likely N-dealkylation sites (N-methyl/N-ethyl adjacent to an activating group) is 1. The Morgan fingerprint density at radius 2 is 2.18 bits per heavy atom. The highest BCUT2D eigenvalue weighted by atomic mass is 16.5. The van der Waals surface area contributed by atoms with Gasteiger partial charge in [0.15, 0.2) is 5.58 Å². The molecule has 0 fully saturated rings. The summed E-state index contributed by atoms with van der Waals surface area (Å²) in [5.74, 6) is 1.58. The fraction of sp³-hybridized carbons (Fsp3) is 0.391.